The Morgan fingerprint density at radius 3 is 2.78 bits per heavy atom. The fourth-order valence-corrected chi connectivity index (χ4v) is 5.34. The van der Waals surface area contributed by atoms with Gasteiger partial charge >= 0.3 is 0 Å². The maximum atomic E-state index is 12.7. The number of hydrogen-bond donors (Lipinski definition) is 1. The van der Waals surface area contributed by atoms with Crippen molar-refractivity contribution < 1.29 is 9.53 Å². The smallest absolute Gasteiger partial charge is 0.230 e. The van der Waals surface area contributed by atoms with Crippen molar-refractivity contribution in [1.29, 1.82) is 0 Å². The van der Waals surface area contributed by atoms with Gasteiger partial charge in [-0.2, -0.15) is 9.61 Å². The molecular weight excluding hydrogens is 426 g/mol. The van der Waals surface area contributed by atoms with Gasteiger partial charge in [-0.25, -0.2) is 0 Å². The van der Waals surface area contributed by atoms with Gasteiger partial charge in [0, 0.05) is 43.1 Å². The summed E-state index contributed by atoms with van der Waals surface area (Å²) in [6, 6.07) is 7.52. The first-order chi connectivity index (χ1) is 15.7. The van der Waals surface area contributed by atoms with Crippen LogP contribution in [0.5, 0.6) is 0 Å². The van der Waals surface area contributed by atoms with Crippen LogP contribution >= 0.6 is 11.8 Å². The number of carbonyl (C=O) groups excluding carboxylic acids is 1. The number of hydrogen-bond acceptors (Lipinski definition) is 8. The maximum Gasteiger partial charge on any atom is 0.230 e. The molecule has 0 bridgehead atoms. The predicted octanol–water partition coefficient (Wildman–Crippen LogP) is 2.04. The van der Waals surface area contributed by atoms with E-state index in [-0.39, 0.29) is 11.4 Å². The summed E-state index contributed by atoms with van der Waals surface area (Å²) in [6.45, 7) is 4.17. The molecule has 3 aromatic heterocycles. The summed E-state index contributed by atoms with van der Waals surface area (Å²) in [5.41, 5.74) is 1.59. The number of aromatic nitrogens is 5. The second-order valence-corrected chi connectivity index (χ2v) is 9.30. The second kappa shape index (κ2) is 9.51. The van der Waals surface area contributed by atoms with E-state index in [2.05, 4.69) is 30.5 Å². The van der Waals surface area contributed by atoms with E-state index in [9.17, 15) is 4.79 Å². The van der Waals surface area contributed by atoms with Crippen LogP contribution in [0.3, 0.4) is 0 Å². The van der Waals surface area contributed by atoms with Crippen LogP contribution in [-0.4, -0.2) is 79.7 Å². The van der Waals surface area contributed by atoms with Gasteiger partial charge in [0.05, 0.1) is 19.0 Å². The van der Waals surface area contributed by atoms with E-state index in [4.69, 9.17) is 4.74 Å². The molecule has 1 aliphatic heterocycles. The van der Waals surface area contributed by atoms with Gasteiger partial charge in [0.1, 0.15) is 5.03 Å². The van der Waals surface area contributed by atoms with Crippen LogP contribution in [0.4, 0.5) is 0 Å². The zero-order valence-corrected chi connectivity index (χ0v) is 18.8. The number of morpholine rings is 1. The molecule has 1 saturated carbocycles. The van der Waals surface area contributed by atoms with E-state index >= 15 is 0 Å². The van der Waals surface area contributed by atoms with Gasteiger partial charge < -0.3 is 10.1 Å². The van der Waals surface area contributed by atoms with Crippen molar-refractivity contribution in [2.24, 2.45) is 0 Å². The quantitative estimate of drug-likeness (QED) is 0.543. The molecule has 32 heavy (non-hydrogen) atoms. The van der Waals surface area contributed by atoms with Gasteiger partial charge in [-0.3, -0.25) is 14.7 Å². The monoisotopic (exact) mass is 453 g/mol. The lowest BCUT2D eigenvalue weighted by Crippen LogP contribution is -2.57. The number of pyridine rings is 1. The minimum atomic E-state index is 0.0349. The first-order valence-corrected chi connectivity index (χ1v) is 12.1. The average Bonchev–Trinajstić information content (AvgIpc) is 3.50. The first-order valence-electron chi connectivity index (χ1n) is 11.1. The summed E-state index contributed by atoms with van der Waals surface area (Å²) in [5, 5.41) is 17.0. The molecule has 1 amide bonds. The number of thioether (sulfide) groups is 1. The normalized spacial score (nSPS) is 18.8. The molecule has 168 valence electrons. The van der Waals surface area contributed by atoms with Crippen molar-refractivity contribution >= 4 is 23.3 Å². The third-order valence-electron chi connectivity index (χ3n) is 6.34. The van der Waals surface area contributed by atoms with Crippen LogP contribution in [-0.2, 0) is 9.53 Å². The zero-order chi connectivity index (χ0) is 21.8. The molecule has 0 atom stereocenters. The van der Waals surface area contributed by atoms with Crippen molar-refractivity contribution in [3.05, 3.63) is 36.7 Å². The minimum Gasteiger partial charge on any atom is -0.379 e. The second-order valence-electron chi connectivity index (χ2n) is 8.30. The molecule has 0 unspecified atom stereocenters. The summed E-state index contributed by atoms with van der Waals surface area (Å²) >= 11 is 1.42. The third-order valence-corrected chi connectivity index (χ3v) is 7.26. The molecule has 2 aliphatic rings. The summed E-state index contributed by atoms with van der Waals surface area (Å²) in [7, 11) is 0. The third kappa shape index (κ3) is 4.48. The number of fused-ring (bicyclic) bond motifs is 1. The topological polar surface area (TPSA) is 97.5 Å². The lowest BCUT2D eigenvalue weighted by atomic mass is 9.94. The van der Waals surface area contributed by atoms with Gasteiger partial charge in [0.15, 0.2) is 11.5 Å². The van der Waals surface area contributed by atoms with Crippen molar-refractivity contribution in [2.75, 3.05) is 38.6 Å². The molecule has 1 aliphatic carbocycles. The maximum absolute atomic E-state index is 12.7. The van der Waals surface area contributed by atoms with Crippen LogP contribution < -0.4 is 5.32 Å². The Balaban J connectivity index is 1.21. The fraction of sp³-hybridized carbons (Fsp3) is 0.500. The number of nitrogens with zero attached hydrogens (tertiary/aromatic N) is 6. The Hall–Kier alpha value is -2.56. The molecule has 5 rings (SSSR count). The number of nitrogens with one attached hydrogen (secondary N) is 1. The van der Waals surface area contributed by atoms with E-state index in [1.807, 2.05) is 24.3 Å². The van der Waals surface area contributed by atoms with E-state index in [1.165, 1.54) is 24.6 Å². The van der Waals surface area contributed by atoms with Crippen molar-refractivity contribution in [3.63, 3.8) is 0 Å². The molecule has 1 saturated heterocycles. The molecule has 0 aromatic carbocycles. The molecule has 1 N–H and O–H groups in total. The summed E-state index contributed by atoms with van der Waals surface area (Å²) in [4.78, 5) is 19.3. The van der Waals surface area contributed by atoms with Gasteiger partial charge in [0.2, 0.25) is 5.91 Å². The minimum absolute atomic E-state index is 0.0349. The standard InChI is InChI=1S/C22H27N7O2S/c30-19(24-16-22(7-1-2-8-22)28-10-12-31-13-11-28)15-32-20-6-5-18-25-26-21(29(18)27-20)17-4-3-9-23-14-17/h3-6,9,14H,1-2,7-8,10-13,15-16H2,(H,24,30). The number of amides is 1. The molecule has 2 fully saturated rings. The zero-order valence-electron chi connectivity index (χ0n) is 17.9. The number of ether oxygens (including phenoxy) is 1. The molecule has 9 nitrogen and oxygen atoms in total. The van der Waals surface area contributed by atoms with E-state index in [0.29, 0.717) is 23.8 Å². The highest BCUT2D eigenvalue weighted by Crippen LogP contribution is 2.35. The largest absolute Gasteiger partial charge is 0.379 e. The van der Waals surface area contributed by atoms with Gasteiger partial charge in [-0.15, -0.1) is 10.2 Å². The SMILES string of the molecule is O=C(CSc1ccc2nnc(-c3cccnc3)n2n1)NCC1(N2CCOCC2)CCCC1. The van der Waals surface area contributed by atoms with Crippen molar-refractivity contribution in [1.82, 2.24) is 35.0 Å². The Bertz CT molecular complexity index is 1060. The van der Waals surface area contributed by atoms with Crippen molar-refractivity contribution in [3.8, 4) is 11.4 Å². The van der Waals surface area contributed by atoms with E-state index < -0.39 is 0 Å². The number of rotatable bonds is 7. The molecular formula is C22H27N7O2S. The highest BCUT2D eigenvalue weighted by atomic mass is 32.2. The van der Waals surface area contributed by atoms with Crippen LogP contribution in [0.2, 0.25) is 0 Å². The molecule has 10 heteroatoms. The predicted molar refractivity (Wildman–Crippen MR) is 121 cm³/mol. The highest BCUT2D eigenvalue weighted by Gasteiger charge is 2.40. The molecule has 3 aromatic rings. The Labute approximate surface area is 190 Å². The summed E-state index contributed by atoms with van der Waals surface area (Å²) in [5.74, 6) is 0.989. The number of carbonyl (C=O) groups is 1. The van der Waals surface area contributed by atoms with Crippen LogP contribution in [0, 0.1) is 0 Å². The first kappa shape index (κ1) is 21.3. The lowest BCUT2D eigenvalue weighted by Gasteiger charge is -2.43. The van der Waals surface area contributed by atoms with Crippen molar-refractivity contribution in [2.45, 2.75) is 36.2 Å². The Morgan fingerprint density at radius 2 is 2.00 bits per heavy atom. The molecule has 4 heterocycles. The van der Waals surface area contributed by atoms with E-state index in [1.54, 1.807) is 16.9 Å². The Morgan fingerprint density at radius 1 is 1.16 bits per heavy atom. The van der Waals surface area contributed by atoms with Gasteiger partial charge in [-0.05, 0) is 37.1 Å². The van der Waals surface area contributed by atoms with Gasteiger partial charge in [-0.1, -0.05) is 24.6 Å². The Kier molecular flexibility index (Phi) is 6.33. The van der Waals surface area contributed by atoms with Crippen LogP contribution in [0.25, 0.3) is 17.0 Å². The molecule has 0 radical (unpaired) electrons. The molecule has 0 spiro atoms. The van der Waals surface area contributed by atoms with E-state index in [0.717, 1.165) is 49.7 Å². The average molecular weight is 454 g/mol. The van der Waals surface area contributed by atoms with Gasteiger partial charge in [0.25, 0.3) is 0 Å². The summed E-state index contributed by atoms with van der Waals surface area (Å²) < 4.78 is 7.22. The van der Waals surface area contributed by atoms with Crippen LogP contribution in [0.15, 0.2) is 41.7 Å². The highest BCUT2D eigenvalue weighted by molar-refractivity contribution is 7.99. The fourth-order valence-electron chi connectivity index (χ4n) is 4.65. The summed E-state index contributed by atoms with van der Waals surface area (Å²) in [6.07, 6.45) is 8.19. The lowest BCUT2D eigenvalue weighted by molar-refractivity contribution is -0.119. The van der Waals surface area contributed by atoms with Crippen LogP contribution in [0.1, 0.15) is 25.7 Å².